The van der Waals surface area contributed by atoms with Crippen molar-refractivity contribution in [2.24, 2.45) is 5.92 Å². The zero-order valence-corrected chi connectivity index (χ0v) is 20.1. The van der Waals surface area contributed by atoms with E-state index in [1.807, 2.05) is 50.2 Å². The lowest BCUT2D eigenvalue weighted by Gasteiger charge is -2.18. The Bertz CT molecular complexity index is 1370. The van der Waals surface area contributed by atoms with Crippen molar-refractivity contribution in [3.8, 4) is 11.3 Å². The van der Waals surface area contributed by atoms with Gasteiger partial charge in [-0.2, -0.15) is 0 Å². The van der Waals surface area contributed by atoms with E-state index in [0.29, 0.717) is 22.7 Å². The second-order valence-electron chi connectivity index (χ2n) is 8.70. The van der Waals surface area contributed by atoms with Crippen LogP contribution in [0.1, 0.15) is 50.3 Å². The first-order chi connectivity index (χ1) is 16.4. The molecule has 3 heterocycles. The number of nitrogens with zero attached hydrogens (tertiary/aromatic N) is 2. The molecule has 1 atom stereocenters. The van der Waals surface area contributed by atoms with Gasteiger partial charge in [-0.15, -0.1) is 11.3 Å². The van der Waals surface area contributed by atoms with E-state index in [4.69, 9.17) is 9.26 Å². The van der Waals surface area contributed by atoms with E-state index < -0.39 is 5.97 Å². The standard InChI is InChI=1S/C26H25N3O4S/c1-14-11-19(16(3)34-14)21-12-20(23-15(2)29-33-25(23)27-21)26(31)32-13-22(30)28-24(18-9-10-18)17-7-5-4-6-8-17/h4-8,11-12,18,24H,9-10,13H2,1-3H3,(H,28,30). The third kappa shape index (κ3) is 4.46. The summed E-state index contributed by atoms with van der Waals surface area (Å²) in [4.78, 5) is 32.6. The minimum atomic E-state index is -0.609. The summed E-state index contributed by atoms with van der Waals surface area (Å²) in [5.41, 5.74) is 3.71. The fourth-order valence-corrected chi connectivity index (χ4v) is 5.20. The summed E-state index contributed by atoms with van der Waals surface area (Å²) in [7, 11) is 0. The molecule has 1 aliphatic carbocycles. The third-order valence-electron chi connectivity index (χ3n) is 6.06. The summed E-state index contributed by atoms with van der Waals surface area (Å²) >= 11 is 1.66. The Morgan fingerprint density at radius 3 is 2.62 bits per heavy atom. The molecule has 1 fully saturated rings. The van der Waals surface area contributed by atoms with Crippen molar-refractivity contribution in [2.75, 3.05) is 6.61 Å². The van der Waals surface area contributed by atoms with Gasteiger partial charge >= 0.3 is 5.97 Å². The molecule has 1 unspecified atom stereocenters. The summed E-state index contributed by atoms with van der Waals surface area (Å²) in [5, 5.41) is 7.51. The summed E-state index contributed by atoms with van der Waals surface area (Å²) in [6.07, 6.45) is 2.15. The Morgan fingerprint density at radius 2 is 1.94 bits per heavy atom. The maximum atomic E-state index is 13.1. The summed E-state index contributed by atoms with van der Waals surface area (Å²) in [6, 6.07) is 13.5. The van der Waals surface area contributed by atoms with Gasteiger partial charge in [-0.1, -0.05) is 35.5 Å². The van der Waals surface area contributed by atoms with Crippen LogP contribution in [0.3, 0.4) is 0 Å². The molecule has 8 heteroatoms. The highest BCUT2D eigenvalue weighted by atomic mass is 32.1. The van der Waals surface area contributed by atoms with Crippen LogP contribution in [0.15, 0.2) is 47.0 Å². The number of carbonyl (C=O) groups excluding carboxylic acids is 2. The number of esters is 1. The Kier molecular flexibility index (Phi) is 5.91. The Labute approximate surface area is 201 Å². The quantitative estimate of drug-likeness (QED) is 0.365. The molecule has 7 nitrogen and oxygen atoms in total. The van der Waals surface area contributed by atoms with E-state index >= 15 is 0 Å². The van der Waals surface area contributed by atoms with Crippen LogP contribution in [0.4, 0.5) is 0 Å². The topological polar surface area (TPSA) is 94.3 Å². The highest BCUT2D eigenvalue weighted by molar-refractivity contribution is 7.12. The van der Waals surface area contributed by atoms with Gasteiger partial charge in [0.1, 0.15) is 0 Å². The minimum absolute atomic E-state index is 0.0724. The number of hydrogen-bond acceptors (Lipinski definition) is 7. The third-order valence-corrected chi connectivity index (χ3v) is 7.02. The average molecular weight is 476 g/mol. The number of hydrogen-bond donors (Lipinski definition) is 1. The van der Waals surface area contributed by atoms with Crippen LogP contribution in [0.5, 0.6) is 0 Å². The molecule has 1 aliphatic rings. The first kappa shape index (κ1) is 22.3. The minimum Gasteiger partial charge on any atom is -0.452 e. The van der Waals surface area contributed by atoms with Gasteiger partial charge in [0.05, 0.1) is 28.4 Å². The Balaban J connectivity index is 1.35. The van der Waals surface area contributed by atoms with Crippen molar-refractivity contribution in [1.82, 2.24) is 15.5 Å². The number of aromatic nitrogens is 2. The molecule has 3 aromatic heterocycles. The summed E-state index contributed by atoms with van der Waals surface area (Å²) in [5.74, 6) is -0.519. The number of benzene rings is 1. The number of carbonyl (C=O) groups is 2. The molecule has 34 heavy (non-hydrogen) atoms. The largest absolute Gasteiger partial charge is 0.452 e. The van der Waals surface area contributed by atoms with Crippen molar-refractivity contribution in [2.45, 2.75) is 39.7 Å². The van der Waals surface area contributed by atoms with E-state index in [2.05, 4.69) is 15.5 Å². The zero-order chi connectivity index (χ0) is 23.8. The van der Waals surface area contributed by atoms with Gasteiger partial charge in [-0.25, -0.2) is 9.78 Å². The highest BCUT2D eigenvalue weighted by Crippen LogP contribution is 2.41. The van der Waals surface area contributed by atoms with Crippen LogP contribution in [0, 0.1) is 26.7 Å². The lowest BCUT2D eigenvalue weighted by molar-refractivity contribution is -0.125. The average Bonchev–Trinajstić information content (AvgIpc) is 3.53. The molecule has 0 spiro atoms. The second-order valence-corrected chi connectivity index (χ2v) is 10.2. The summed E-state index contributed by atoms with van der Waals surface area (Å²) < 4.78 is 10.8. The van der Waals surface area contributed by atoms with Crippen molar-refractivity contribution in [3.05, 3.63) is 69.0 Å². The van der Waals surface area contributed by atoms with Crippen LogP contribution in [-0.2, 0) is 9.53 Å². The van der Waals surface area contributed by atoms with E-state index in [1.54, 1.807) is 24.3 Å². The van der Waals surface area contributed by atoms with Gasteiger partial charge < -0.3 is 14.6 Å². The lowest BCUT2D eigenvalue weighted by Crippen LogP contribution is -2.33. The number of aryl methyl sites for hydroxylation is 3. The molecular formula is C26H25N3O4S. The van der Waals surface area contributed by atoms with Crippen molar-refractivity contribution in [1.29, 1.82) is 0 Å². The first-order valence-electron chi connectivity index (χ1n) is 11.3. The van der Waals surface area contributed by atoms with Gasteiger partial charge in [0.25, 0.3) is 11.6 Å². The zero-order valence-electron chi connectivity index (χ0n) is 19.3. The van der Waals surface area contributed by atoms with Gasteiger partial charge in [0, 0.05) is 15.3 Å². The smallest absolute Gasteiger partial charge is 0.339 e. The van der Waals surface area contributed by atoms with Crippen LogP contribution < -0.4 is 5.32 Å². The number of amides is 1. The van der Waals surface area contributed by atoms with E-state index in [1.165, 1.54) is 0 Å². The van der Waals surface area contributed by atoms with Gasteiger partial charge in [0.2, 0.25) is 0 Å². The molecule has 5 rings (SSSR count). The SMILES string of the molecule is Cc1cc(-c2cc(C(=O)OCC(=O)NC(c3ccccc3)C3CC3)c3c(C)noc3n2)c(C)s1. The van der Waals surface area contributed by atoms with Crippen molar-refractivity contribution in [3.63, 3.8) is 0 Å². The van der Waals surface area contributed by atoms with Crippen LogP contribution >= 0.6 is 11.3 Å². The number of nitrogens with one attached hydrogen (secondary N) is 1. The van der Waals surface area contributed by atoms with Crippen LogP contribution in [-0.4, -0.2) is 28.6 Å². The van der Waals surface area contributed by atoms with Gasteiger partial charge in [-0.3, -0.25) is 4.79 Å². The fourth-order valence-electron chi connectivity index (χ4n) is 4.27. The Hall–Kier alpha value is -3.52. The molecule has 0 bridgehead atoms. The fraction of sp³-hybridized carbons (Fsp3) is 0.308. The van der Waals surface area contributed by atoms with Crippen LogP contribution in [0.25, 0.3) is 22.4 Å². The maximum absolute atomic E-state index is 13.1. The molecule has 4 aromatic rings. The molecule has 174 valence electrons. The van der Waals surface area contributed by atoms with Crippen LogP contribution in [0.2, 0.25) is 0 Å². The molecule has 0 saturated heterocycles. The molecular weight excluding hydrogens is 450 g/mol. The maximum Gasteiger partial charge on any atom is 0.339 e. The predicted molar refractivity (Wildman–Crippen MR) is 130 cm³/mol. The lowest BCUT2D eigenvalue weighted by atomic mass is 10.0. The number of rotatable bonds is 7. The molecule has 1 aromatic carbocycles. The first-order valence-corrected chi connectivity index (χ1v) is 12.1. The second kappa shape index (κ2) is 9.02. The number of fused-ring (bicyclic) bond motifs is 1. The monoisotopic (exact) mass is 475 g/mol. The predicted octanol–water partition coefficient (Wildman–Crippen LogP) is 5.30. The number of thiophene rings is 1. The van der Waals surface area contributed by atoms with Crippen molar-refractivity contribution >= 4 is 34.3 Å². The molecule has 1 saturated carbocycles. The molecule has 1 N–H and O–H groups in total. The van der Waals surface area contributed by atoms with E-state index in [0.717, 1.165) is 33.7 Å². The summed E-state index contributed by atoms with van der Waals surface area (Å²) in [6.45, 7) is 5.41. The van der Waals surface area contributed by atoms with Gasteiger partial charge in [-0.05, 0) is 57.2 Å². The van der Waals surface area contributed by atoms with Crippen molar-refractivity contribution < 1.29 is 18.8 Å². The Morgan fingerprint density at radius 1 is 1.18 bits per heavy atom. The van der Waals surface area contributed by atoms with Gasteiger partial charge in [0.15, 0.2) is 6.61 Å². The molecule has 1 amide bonds. The van der Waals surface area contributed by atoms with E-state index in [-0.39, 0.29) is 29.8 Å². The number of ether oxygens (including phenoxy) is 1. The van der Waals surface area contributed by atoms with E-state index in [9.17, 15) is 9.59 Å². The molecule has 0 radical (unpaired) electrons. The number of pyridine rings is 1. The normalized spacial score (nSPS) is 14.2. The highest BCUT2D eigenvalue weighted by Gasteiger charge is 2.33. The molecule has 0 aliphatic heterocycles.